The molecule has 0 aromatic heterocycles. The molecule has 0 saturated carbocycles. The first-order chi connectivity index (χ1) is 7.70. The van der Waals surface area contributed by atoms with Crippen molar-refractivity contribution in [1.29, 1.82) is 0 Å². The first-order valence-electron chi connectivity index (χ1n) is 4.20. The van der Waals surface area contributed by atoms with Gasteiger partial charge in [0.05, 0.1) is 0 Å². The molecule has 1 rings (SSSR count). The summed E-state index contributed by atoms with van der Waals surface area (Å²) in [5.41, 5.74) is -0.260. The highest BCUT2D eigenvalue weighted by molar-refractivity contribution is 5.74. The minimum absolute atomic E-state index is 0.260. The largest absolute Gasteiger partial charge is 0.573 e. The minimum atomic E-state index is -4.97. The number of hydrogen-bond donors (Lipinski definition) is 3. The van der Waals surface area contributed by atoms with E-state index in [9.17, 15) is 18.0 Å². The fraction of sp³-hybridized carbons (Fsp3) is 0.222. The summed E-state index contributed by atoms with van der Waals surface area (Å²) in [5, 5.41) is 26.7. The lowest BCUT2D eigenvalue weighted by atomic mass is 10.1. The Labute approximate surface area is 92.7 Å². The molecule has 0 aliphatic heterocycles. The van der Waals surface area contributed by atoms with Crippen LogP contribution in [0.4, 0.5) is 13.2 Å². The van der Waals surface area contributed by atoms with Crippen LogP contribution in [0.2, 0.25) is 0 Å². The number of alkyl halides is 3. The number of aliphatic hydroxyl groups excluding tert-OH is 1. The van der Waals surface area contributed by atoms with E-state index in [1.807, 2.05) is 0 Å². The quantitative estimate of drug-likeness (QED) is 0.757. The van der Waals surface area contributed by atoms with E-state index in [0.29, 0.717) is 12.1 Å². The highest BCUT2D eigenvalue weighted by Crippen LogP contribution is 2.33. The monoisotopic (exact) mass is 252 g/mol. The highest BCUT2D eigenvalue weighted by Gasteiger charge is 2.32. The molecule has 94 valence electrons. The molecule has 3 N–H and O–H groups in total. The zero-order valence-electron chi connectivity index (χ0n) is 8.10. The number of aliphatic carboxylic acids is 1. The second-order valence-electron chi connectivity index (χ2n) is 3.02. The fourth-order valence-corrected chi connectivity index (χ4v) is 1.06. The summed E-state index contributed by atoms with van der Waals surface area (Å²) >= 11 is 0. The molecule has 1 aromatic rings. The molecule has 0 radical (unpaired) electrons. The van der Waals surface area contributed by atoms with Gasteiger partial charge in [-0.1, -0.05) is 6.07 Å². The van der Waals surface area contributed by atoms with Crippen LogP contribution in [0.3, 0.4) is 0 Å². The Hall–Kier alpha value is -1.96. The first kappa shape index (κ1) is 13.1. The number of benzene rings is 1. The van der Waals surface area contributed by atoms with E-state index in [2.05, 4.69) is 4.74 Å². The van der Waals surface area contributed by atoms with Crippen LogP contribution in [0, 0.1) is 0 Å². The minimum Gasteiger partial charge on any atom is -0.504 e. The number of rotatable bonds is 3. The maximum Gasteiger partial charge on any atom is 0.573 e. The highest BCUT2D eigenvalue weighted by atomic mass is 19.4. The van der Waals surface area contributed by atoms with Crippen molar-refractivity contribution in [3.63, 3.8) is 0 Å². The molecule has 0 spiro atoms. The molecule has 1 atom stereocenters. The smallest absolute Gasteiger partial charge is 0.504 e. The van der Waals surface area contributed by atoms with E-state index in [1.165, 1.54) is 0 Å². The average molecular weight is 252 g/mol. The maximum absolute atomic E-state index is 11.8. The normalized spacial score (nSPS) is 13.2. The van der Waals surface area contributed by atoms with Gasteiger partial charge in [-0.2, -0.15) is 0 Å². The van der Waals surface area contributed by atoms with Crippen molar-refractivity contribution in [2.45, 2.75) is 12.5 Å². The molecule has 0 bridgehead atoms. The van der Waals surface area contributed by atoms with E-state index >= 15 is 0 Å². The van der Waals surface area contributed by atoms with Gasteiger partial charge < -0.3 is 20.1 Å². The van der Waals surface area contributed by atoms with Gasteiger partial charge in [-0.15, -0.1) is 13.2 Å². The second-order valence-corrected chi connectivity index (χ2v) is 3.02. The zero-order valence-corrected chi connectivity index (χ0v) is 8.10. The molecule has 0 amide bonds. The second kappa shape index (κ2) is 4.50. The van der Waals surface area contributed by atoms with Crippen LogP contribution >= 0.6 is 0 Å². The Kier molecular flexibility index (Phi) is 3.47. The Balaban J connectivity index is 2.98. The number of aliphatic hydroxyl groups is 1. The van der Waals surface area contributed by atoms with E-state index < -0.39 is 29.9 Å². The number of aromatic hydroxyl groups is 1. The van der Waals surface area contributed by atoms with Crippen LogP contribution < -0.4 is 4.74 Å². The zero-order chi connectivity index (χ0) is 13.2. The molecular weight excluding hydrogens is 245 g/mol. The number of carboxylic acids is 1. The van der Waals surface area contributed by atoms with Gasteiger partial charge in [-0.25, -0.2) is 4.79 Å². The Morgan fingerprint density at radius 3 is 2.35 bits per heavy atom. The molecule has 0 fully saturated rings. The number of carbonyl (C=O) groups is 1. The van der Waals surface area contributed by atoms with Crippen LogP contribution in [0.1, 0.15) is 11.7 Å². The average Bonchev–Trinajstić information content (AvgIpc) is 2.18. The summed E-state index contributed by atoms with van der Waals surface area (Å²) in [6.07, 6.45) is -6.90. The molecule has 5 nitrogen and oxygen atoms in total. The van der Waals surface area contributed by atoms with Gasteiger partial charge in [0.1, 0.15) is 0 Å². The topological polar surface area (TPSA) is 87.0 Å². The third-order valence-electron chi connectivity index (χ3n) is 1.76. The summed E-state index contributed by atoms with van der Waals surface area (Å²) in [6, 6.07) is 2.30. The molecule has 0 aliphatic carbocycles. The van der Waals surface area contributed by atoms with Crippen molar-refractivity contribution < 1.29 is 38.0 Å². The number of hydrogen-bond acceptors (Lipinski definition) is 4. The van der Waals surface area contributed by atoms with Gasteiger partial charge in [0, 0.05) is 0 Å². The number of phenols is 1. The van der Waals surface area contributed by atoms with Crippen molar-refractivity contribution in [1.82, 2.24) is 0 Å². The Bertz CT molecular complexity index is 429. The summed E-state index contributed by atoms with van der Waals surface area (Å²) in [4.78, 5) is 10.4. The summed E-state index contributed by atoms with van der Waals surface area (Å²) in [5.74, 6) is -3.38. The Morgan fingerprint density at radius 1 is 1.35 bits per heavy atom. The van der Waals surface area contributed by atoms with Crippen LogP contribution in [-0.2, 0) is 4.79 Å². The number of carboxylic acid groups (broad SMARTS) is 1. The van der Waals surface area contributed by atoms with Gasteiger partial charge in [0.15, 0.2) is 17.6 Å². The van der Waals surface area contributed by atoms with E-state index in [4.69, 9.17) is 15.3 Å². The van der Waals surface area contributed by atoms with E-state index in [1.54, 1.807) is 0 Å². The molecule has 1 aromatic carbocycles. The third kappa shape index (κ3) is 3.52. The predicted octanol–water partition coefficient (Wildman–Crippen LogP) is 1.41. The maximum atomic E-state index is 11.8. The van der Waals surface area contributed by atoms with Crippen LogP contribution in [0.25, 0.3) is 0 Å². The molecule has 0 aliphatic rings. The van der Waals surface area contributed by atoms with Crippen molar-refractivity contribution in [2.24, 2.45) is 0 Å². The summed E-state index contributed by atoms with van der Waals surface area (Å²) in [7, 11) is 0. The molecule has 0 heterocycles. The van der Waals surface area contributed by atoms with Gasteiger partial charge in [0.25, 0.3) is 0 Å². The van der Waals surface area contributed by atoms with Crippen molar-refractivity contribution in [3.05, 3.63) is 23.8 Å². The summed E-state index contributed by atoms with van der Waals surface area (Å²) < 4.78 is 38.9. The molecular formula is C9H7F3O5. The van der Waals surface area contributed by atoms with Gasteiger partial charge in [-0.05, 0) is 17.7 Å². The number of ether oxygens (including phenoxy) is 1. The van der Waals surface area contributed by atoms with E-state index in [0.717, 1.165) is 6.07 Å². The lowest BCUT2D eigenvalue weighted by Crippen LogP contribution is -2.17. The fourth-order valence-electron chi connectivity index (χ4n) is 1.06. The molecule has 8 heteroatoms. The van der Waals surface area contributed by atoms with Gasteiger partial charge >= 0.3 is 12.3 Å². The third-order valence-corrected chi connectivity index (χ3v) is 1.76. The number of phenolic OH excluding ortho intramolecular Hbond substituents is 1. The molecule has 0 saturated heterocycles. The lowest BCUT2D eigenvalue weighted by molar-refractivity contribution is -0.275. The Morgan fingerprint density at radius 2 is 1.94 bits per heavy atom. The van der Waals surface area contributed by atoms with Crippen LogP contribution in [0.15, 0.2) is 18.2 Å². The molecule has 17 heavy (non-hydrogen) atoms. The van der Waals surface area contributed by atoms with Gasteiger partial charge in [-0.3, -0.25) is 0 Å². The standard InChI is InChI=1S/C9H7F3O5/c10-9(11,12)17-6-2-1-4(3-5(6)13)7(14)8(15)16/h1-3,7,13-14H,(H,15,16). The van der Waals surface area contributed by atoms with Crippen molar-refractivity contribution >= 4 is 5.97 Å². The van der Waals surface area contributed by atoms with E-state index in [-0.39, 0.29) is 5.56 Å². The number of halogens is 3. The predicted molar refractivity (Wildman–Crippen MR) is 47.4 cm³/mol. The van der Waals surface area contributed by atoms with Gasteiger partial charge in [0.2, 0.25) is 0 Å². The SMILES string of the molecule is O=C(O)C(O)c1ccc(OC(F)(F)F)c(O)c1. The van der Waals surface area contributed by atoms with Crippen molar-refractivity contribution in [3.8, 4) is 11.5 Å². The van der Waals surface area contributed by atoms with Crippen LogP contribution in [-0.4, -0.2) is 27.7 Å². The van der Waals surface area contributed by atoms with Crippen molar-refractivity contribution in [2.75, 3.05) is 0 Å². The first-order valence-corrected chi connectivity index (χ1v) is 4.20. The summed E-state index contributed by atoms with van der Waals surface area (Å²) in [6.45, 7) is 0. The molecule has 1 unspecified atom stereocenters. The van der Waals surface area contributed by atoms with Crippen LogP contribution in [0.5, 0.6) is 11.5 Å². The lowest BCUT2D eigenvalue weighted by Gasteiger charge is -2.12.